The smallest absolute Gasteiger partial charge is 0.336 e. The van der Waals surface area contributed by atoms with Crippen LogP contribution < -0.4 is 10.6 Å². The maximum Gasteiger partial charge on any atom is 0.336 e. The molecule has 2 amide bonds. The van der Waals surface area contributed by atoms with E-state index >= 15 is 0 Å². The van der Waals surface area contributed by atoms with Gasteiger partial charge in [-0.25, -0.2) is 9.59 Å². The first-order chi connectivity index (χ1) is 16.7. The van der Waals surface area contributed by atoms with Crippen LogP contribution in [0.1, 0.15) is 44.4 Å². The summed E-state index contributed by atoms with van der Waals surface area (Å²) in [5.74, 6) is -3.56. The molecule has 0 fully saturated rings. The molecule has 1 atom stereocenters. The number of aromatic carboxylic acids is 2. The maximum atomic E-state index is 12.8. The fourth-order valence-corrected chi connectivity index (χ4v) is 4.56. The van der Waals surface area contributed by atoms with Gasteiger partial charge in [0.15, 0.2) is 0 Å². The van der Waals surface area contributed by atoms with Crippen molar-refractivity contribution in [2.45, 2.75) is 23.5 Å². The molecule has 8 nitrogen and oxygen atoms in total. The van der Waals surface area contributed by atoms with Crippen molar-refractivity contribution in [3.05, 3.63) is 87.9 Å². The van der Waals surface area contributed by atoms with Crippen molar-refractivity contribution in [2.75, 3.05) is 10.6 Å². The van der Waals surface area contributed by atoms with Crippen molar-refractivity contribution in [3.8, 4) is 0 Å². The van der Waals surface area contributed by atoms with Crippen molar-refractivity contribution in [3.63, 3.8) is 0 Å². The molecule has 0 spiro atoms. The second kappa shape index (κ2) is 11.7. The molecule has 10 heteroatoms. The Morgan fingerprint density at radius 2 is 1.63 bits per heavy atom. The summed E-state index contributed by atoms with van der Waals surface area (Å²) in [7, 11) is 0. The molecule has 3 aromatic carbocycles. The van der Waals surface area contributed by atoms with Gasteiger partial charge in [-0.15, -0.1) is 11.8 Å². The van der Waals surface area contributed by atoms with Gasteiger partial charge in [0.2, 0.25) is 5.91 Å². The number of amides is 2. The molecule has 1 unspecified atom stereocenters. The van der Waals surface area contributed by atoms with Crippen LogP contribution in [0.2, 0.25) is 0 Å². The van der Waals surface area contributed by atoms with Gasteiger partial charge in [-0.1, -0.05) is 25.1 Å². The Kier molecular flexibility index (Phi) is 8.67. The minimum absolute atomic E-state index is 0.163. The normalized spacial score (nSPS) is 11.4. The topological polar surface area (TPSA) is 133 Å². The van der Waals surface area contributed by atoms with Crippen molar-refractivity contribution >= 4 is 62.8 Å². The summed E-state index contributed by atoms with van der Waals surface area (Å²) >= 11 is 4.75. The Morgan fingerprint density at radius 1 is 0.886 bits per heavy atom. The molecule has 0 bridgehead atoms. The van der Waals surface area contributed by atoms with Crippen LogP contribution in [0.25, 0.3) is 0 Å². The van der Waals surface area contributed by atoms with E-state index in [-0.39, 0.29) is 17.0 Å². The van der Waals surface area contributed by atoms with Crippen molar-refractivity contribution in [1.82, 2.24) is 0 Å². The lowest BCUT2D eigenvalue weighted by atomic mass is 10.0. The van der Waals surface area contributed by atoms with Gasteiger partial charge in [-0.05, 0) is 70.9 Å². The number of benzene rings is 3. The third-order valence-corrected chi connectivity index (χ3v) is 6.96. The molecule has 0 aromatic heterocycles. The molecule has 4 N–H and O–H groups in total. The summed E-state index contributed by atoms with van der Waals surface area (Å²) in [5, 5.41) is 23.7. The van der Waals surface area contributed by atoms with Crippen molar-refractivity contribution in [1.29, 1.82) is 0 Å². The summed E-state index contributed by atoms with van der Waals surface area (Å²) in [6.45, 7) is 1.90. The van der Waals surface area contributed by atoms with E-state index in [1.165, 1.54) is 23.9 Å². The van der Waals surface area contributed by atoms with E-state index in [4.69, 9.17) is 5.11 Å². The van der Waals surface area contributed by atoms with Gasteiger partial charge in [-0.2, -0.15) is 0 Å². The maximum absolute atomic E-state index is 12.8. The number of carbonyl (C=O) groups is 4. The standard InChI is InChI=1S/C25H21BrN2O6S/c1-2-21(23(30)28-20-9-4-3-8-19(20)26)35-16-7-5-6-15(13-16)27-22(29)17-11-10-14(24(31)32)12-18(17)25(33)34/h3-13,21H,2H2,1H3,(H,27,29)(H,28,30)(H,31,32)(H,33,34). The number of nitrogens with one attached hydrogen (secondary N) is 2. The Labute approximate surface area is 213 Å². The van der Waals surface area contributed by atoms with E-state index in [1.54, 1.807) is 30.3 Å². The molecule has 3 rings (SSSR count). The molecule has 180 valence electrons. The lowest BCUT2D eigenvalue weighted by molar-refractivity contribution is -0.115. The highest BCUT2D eigenvalue weighted by molar-refractivity contribution is 9.10. The predicted molar refractivity (Wildman–Crippen MR) is 137 cm³/mol. The average Bonchev–Trinajstić information content (AvgIpc) is 2.83. The minimum Gasteiger partial charge on any atom is -0.478 e. The van der Waals surface area contributed by atoms with E-state index in [9.17, 15) is 24.3 Å². The number of carbonyl (C=O) groups excluding carboxylic acids is 2. The Bertz CT molecular complexity index is 1300. The molecular formula is C25H21BrN2O6S. The van der Waals surface area contributed by atoms with E-state index in [2.05, 4.69) is 26.6 Å². The zero-order valence-electron chi connectivity index (χ0n) is 18.4. The molecular weight excluding hydrogens is 536 g/mol. The fraction of sp³-hybridized carbons (Fsp3) is 0.120. The summed E-state index contributed by atoms with van der Waals surface area (Å²) in [4.78, 5) is 49.0. The van der Waals surface area contributed by atoms with E-state index < -0.39 is 28.7 Å². The Hall–Kier alpha value is -3.63. The number of rotatable bonds is 9. The zero-order chi connectivity index (χ0) is 25.5. The molecule has 35 heavy (non-hydrogen) atoms. The van der Waals surface area contributed by atoms with Crippen LogP contribution in [0.15, 0.2) is 76.1 Å². The predicted octanol–water partition coefficient (Wildman–Crippen LogP) is 5.61. The number of anilines is 2. The lowest BCUT2D eigenvalue weighted by Gasteiger charge is -2.16. The summed E-state index contributed by atoms with van der Waals surface area (Å²) in [5.41, 5.74) is 0.256. The van der Waals surface area contributed by atoms with Crippen LogP contribution in [-0.2, 0) is 4.79 Å². The number of carboxylic acids is 2. The van der Waals surface area contributed by atoms with Crippen LogP contribution in [0, 0.1) is 0 Å². The van der Waals surface area contributed by atoms with E-state index in [1.807, 2.05) is 25.1 Å². The van der Waals surface area contributed by atoms with Gasteiger partial charge in [-0.3, -0.25) is 9.59 Å². The number of hydrogen-bond donors (Lipinski definition) is 4. The highest BCUT2D eigenvalue weighted by Crippen LogP contribution is 2.30. The van der Waals surface area contributed by atoms with Gasteiger partial charge in [0, 0.05) is 15.1 Å². The van der Waals surface area contributed by atoms with E-state index in [0.717, 1.165) is 15.4 Å². The molecule has 0 radical (unpaired) electrons. The number of para-hydroxylation sites is 1. The zero-order valence-corrected chi connectivity index (χ0v) is 20.9. The van der Waals surface area contributed by atoms with Crippen molar-refractivity contribution < 1.29 is 29.4 Å². The number of halogens is 1. The highest BCUT2D eigenvalue weighted by atomic mass is 79.9. The first-order valence-corrected chi connectivity index (χ1v) is 12.1. The minimum atomic E-state index is -1.41. The molecule has 0 saturated carbocycles. The van der Waals surface area contributed by atoms with Crippen molar-refractivity contribution in [2.24, 2.45) is 0 Å². The van der Waals surface area contributed by atoms with Gasteiger partial charge in [0.1, 0.15) is 0 Å². The monoisotopic (exact) mass is 556 g/mol. The van der Waals surface area contributed by atoms with Crippen LogP contribution in [0.3, 0.4) is 0 Å². The van der Waals surface area contributed by atoms with Gasteiger partial charge < -0.3 is 20.8 Å². The number of carboxylic acid groups (broad SMARTS) is 2. The summed E-state index contributed by atoms with van der Waals surface area (Å²) in [6, 6.07) is 17.4. The van der Waals surface area contributed by atoms with E-state index in [0.29, 0.717) is 17.8 Å². The Balaban J connectivity index is 1.75. The Morgan fingerprint density at radius 3 is 2.29 bits per heavy atom. The second-order valence-electron chi connectivity index (χ2n) is 7.34. The average molecular weight is 557 g/mol. The van der Waals surface area contributed by atoms with Crippen LogP contribution in [-0.4, -0.2) is 39.2 Å². The summed E-state index contributed by atoms with van der Waals surface area (Å²) in [6.07, 6.45) is 0.565. The quantitative estimate of drug-likeness (QED) is 0.252. The summed E-state index contributed by atoms with van der Waals surface area (Å²) < 4.78 is 0.773. The molecule has 0 aliphatic heterocycles. The number of hydrogen-bond acceptors (Lipinski definition) is 5. The fourth-order valence-electron chi connectivity index (χ4n) is 3.16. The van der Waals surface area contributed by atoms with Crippen LogP contribution >= 0.6 is 27.7 Å². The van der Waals surface area contributed by atoms with Gasteiger partial charge >= 0.3 is 11.9 Å². The molecule has 0 saturated heterocycles. The van der Waals surface area contributed by atoms with Gasteiger partial charge in [0.25, 0.3) is 5.91 Å². The molecule has 0 aliphatic carbocycles. The largest absolute Gasteiger partial charge is 0.478 e. The SMILES string of the molecule is CCC(Sc1cccc(NC(=O)c2ccc(C(=O)O)cc2C(=O)O)c1)C(=O)Nc1ccccc1Br. The second-order valence-corrected chi connectivity index (χ2v) is 9.47. The highest BCUT2D eigenvalue weighted by Gasteiger charge is 2.21. The first kappa shape index (κ1) is 26.0. The third-order valence-electron chi connectivity index (χ3n) is 4.91. The van der Waals surface area contributed by atoms with Crippen LogP contribution in [0.5, 0.6) is 0 Å². The first-order valence-electron chi connectivity index (χ1n) is 10.4. The third kappa shape index (κ3) is 6.71. The van der Waals surface area contributed by atoms with Gasteiger partial charge in [0.05, 0.1) is 27.6 Å². The molecule has 0 heterocycles. The van der Waals surface area contributed by atoms with Crippen LogP contribution in [0.4, 0.5) is 11.4 Å². The molecule has 0 aliphatic rings. The lowest BCUT2D eigenvalue weighted by Crippen LogP contribution is -2.24. The number of thioether (sulfide) groups is 1. The molecule has 3 aromatic rings.